The molecule has 3 rings (SSSR count). The minimum atomic E-state index is 0.139. The van der Waals surface area contributed by atoms with Gasteiger partial charge in [0.05, 0.1) is 0 Å². The third-order valence-electron chi connectivity index (χ3n) is 2.89. The molecule has 3 aromatic rings. The van der Waals surface area contributed by atoms with Crippen LogP contribution in [0.3, 0.4) is 0 Å². The van der Waals surface area contributed by atoms with E-state index in [1.54, 1.807) is 11.3 Å². The molecule has 0 aliphatic rings. The highest BCUT2D eigenvalue weighted by molar-refractivity contribution is 7.24. The molecule has 0 N–H and O–H groups in total. The van der Waals surface area contributed by atoms with E-state index in [-0.39, 0.29) is 5.43 Å². The predicted molar refractivity (Wildman–Crippen MR) is 87.8 cm³/mol. The van der Waals surface area contributed by atoms with Gasteiger partial charge in [0.15, 0.2) is 5.43 Å². The van der Waals surface area contributed by atoms with E-state index in [1.165, 1.54) is 0 Å². The lowest BCUT2D eigenvalue weighted by atomic mass is 10.2. The van der Waals surface area contributed by atoms with E-state index in [1.807, 2.05) is 62.4 Å². The molecule has 0 atom stereocenters. The fraction of sp³-hybridized carbons (Fsp3) is 0.235. The normalized spacial score (nSPS) is 10.3. The zero-order valence-corrected chi connectivity index (χ0v) is 12.6. The molecule has 2 nitrogen and oxygen atoms in total. The first-order valence-electron chi connectivity index (χ1n) is 6.76. The SMILES string of the molecule is CCOCC.O=c1c2ccccc2sc2ccccc12. The van der Waals surface area contributed by atoms with Gasteiger partial charge in [-0.1, -0.05) is 24.3 Å². The van der Waals surface area contributed by atoms with Gasteiger partial charge >= 0.3 is 0 Å². The molecule has 0 bridgehead atoms. The molecule has 0 saturated heterocycles. The van der Waals surface area contributed by atoms with Crippen molar-refractivity contribution in [2.45, 2.75) is 13.8 Å². The van der Waals surface area contributed by atoms with Crippen LogP contribution in [0.1, 0.15) is 13.8 Å². The van der Waals surface area contributed by atoms with Crippen molar-refractivity contribution in [3.05, 3.63) is 58.8 Å². The van der Waals surface area contributed by atoms with Gasteiger partial charge in [-0.25, -0.2) is 0 Å². The smallest absolute Gasteiger partial charge is 0.195 e. The van der Waals surface area contributed by atoms with Gasteiger partial charge in [-0.05, 0) is 38.1 Å². The number of fused-ring (bicyclic) bond motifs is 2. The molecule has 0 aliphatic heterocycles. The van der Waals surface area contributed by atoms with Crippen molar-refractivity contribution in [3.63, 3.8) is 0 Å². The van der Waals surface area contributed by atoms with E-state index in [4.69, 9.17) is 4.74 Å². The van der Waals surface area contributed by atoms with Crippen molar-refractivity contribution in [1.82, 2.24) is 0 Å². The van der Waals surface area contributed by atoms with E-state index in [0.29, 0.717) is 0 Å². The molecule has 104 valence electrons. The van der Waals surface area contributed by atoms with E-state index in [0.717, 1.165) is 33.4 Å². The van der Waals surface area contributed by atoms with Crippen molar-refractivity contribution in [2.75, 3.05) is 13.2 Å². The average molecular weight is 286 g/mol. The lowest BCUT2D eigenvalue weighted by Gasteiger charge is -1.99. The third kappa shape index (κ3) is 3.24. The monoisotopic (exact) mass is 286 g/mol. The van der Waals surface area contributed by atoms with Crippen LogP contribution in [0.5, 0.6) is 0 Å². The van der Waals surface area contributed by atoms with E-state index < -0.39 is 0 Å². The second-order valence-electron chi connectivity index (χ2n) is 4.20. The Morgan fingerprint density at radius 1 is 0.850 bits per heavy atom. The maximum atomic E-state index is 12.1. The Labute approximate surface area is 122 Å². The summed E-state index contributed by atoms with van der Waals surface area (Å²) in [6.45, 7) is 5.67. The topological polar surface area (TPSA) is 26.3 Å². The molecular weight excluding hydrogens is 268 g/mol. The Morgan fingerprint density at radius 3 is 1.70 bits per heavy atom. The number of rotatable bonds is 2. The average Bonchev–Trinajstić information content (AvgIpc) is 2.49. The Bertz CT molecular complexity index is 687. The van der Waals surface area contributed by atoms with Gasteiger partial charge in [0.1, 0.15) is 0 Å². The quantitative estimate of drug-likeness (QED) is 0.650. The summed E-state index contributed by atoms with van der Waals surface area (Å²) in [6.07, 6.45) is 0. The zero-order valence-electron chi connectivity index (χ0n) is 11.8. The van der Waals surface area contributed by atoms with Crippen molar-refractivity contribution in [1.29, 1.82) is 0 Å². The molecule has 20 heavy (non-hydrogen) atoms. The lowest BCUT2D eigenvalue weighted by molar-refractivity contribution is 0.162. The van der Waals surface area contributed by atoms with Gasteiger partial charge in [0, 0.05) is 33.4 Å². The Hall–Kier alpha value is -1.71. The molecule has 1 aromatic heterocycles. The lowest BCUT2D eigenvalue weighted by Crippen LogP contribution is -1.99. The predicted octanol–water partition coefficient (Wildman–Crippen LogP) is 4.46. The molecule has 0 amide bonds. The van der Waals surface area contributed by atoms with Crippen LogP contribution in [0.25, 0.3) is 20.2 Å². The van der Waals surface area contributed by atoms with Crippen LogP contribution >= 0.6 is 11.3 Å². The summed E-state index contributed by atoms with van der Waals surface area (Å²) < 4.78 is 6.95. The minimum absolute atomic E-state index is 0.139. The van der Waals surface area contributed by atoms with Gasteiger partial charge in [-0.2, -0.15) is 0 Å². The largest absolute Gasteiger partial charge is 0.382 e. The zero-order chi connectivity index (χ0) is 14.4. The maximum Gasteiger partial charge on any atom is 0.195 e. The van der Waals surface area contributed by atoms with E-state index in [9.17, 15) is 4.79 Å². The standard InChI is InChI=1S/C13H8OS.C4H10O/c14-13-9-5-1-3-7-11(9)15-12-8-4-2-6-10(12)13;1-3-5-4-2/h1-8H;3-4H2,1-2H3. The Balaban J connectivity index is 0.000000257. The van der Waals surface area contributed by atoms with Crippen LogP contribution in [0.2, 0.25) is 0 Å². The molecular formula is C17H18O2S. The highest BCUT2D eigenvalue weighted by Crippen LogP contribution is 2.23. The Morgan fingerprint density at radius 2 is 1.30 bits per heavy atom. The second kappa shape index (κ2) is 7.17. The molecule has 0 unspecified atom stereocenters. The van der Waals surface area contributed by atoms with E-state index >= 15 is 0 Å². The summed E-state index contributed by atoms with van der Waals surface area (Å²) in [4.78, 5) is 12.1. The molecule has 0 fully saturated rings. The molecule has 0 spiro atoms. The fourth-order valence-corrected chi connectivity index (χ4v) is 3.03. The van der Waals surface area contributed by atoms with Crippen LogP contribution < -0.4 is 5.43 Å². The summed E-state index contributed by atoms with van der Waals surface area (Å²) in [5, 5.41) is 1.64. The van der Waals surface area contributed by atoms with Gasteiger partial charge < -0.3 is 4.74 Å². The Kier molecular flexibility index (Phi) is 5.27. The first kappa shape index (κ1) is 14.7. The van der Waals surface area contributed by atoms with Gasteiger partial charge in [-0.3, -0.25) is 4.79 Å². The summed E-state index contributed by atoms with van der Waals surface area (Å²) in [6, 6.07) is 15.5. The van der Waals surface area contributed by atoms with Crippen LogP contribution in [-0.2, 0) is 4.74 Å². The van der Waals surface area contributed by atoms with Crippen LogP contribution in [0, 0.1) is 0 Å². The fourth-order valence-electron chi connectivity index (χ4n) is 1.95. The molecule has 0 saturated carbocycles. The molecule has 1 heterocycles. The van der Waals surface area contributed by atoms with Crippen LogP contribution in [0.4, 0.5) is 0 Å². The number of hydrogen-bond donors (Lipinski definition) is 0. The molecule has 0 radical (unpaired) electrons. The molecule has 0 aliphatic carbocycles. The second-order valence-corrected chi connectivity index (χ2v) is 5.29. The first-order chi connectivity index (χ1) is 9.77. The summed E-state index contributed by atoms with van der Waals surface area (Å²) >= 11 is 1.67. The van der Waals surface area contributed by atoms with Crippen LogP contribution in [-0.4, -0.2) is 13.2 Å². The number of benzene rings is 2. The number of ether oxygens (including phenoxy) is 1. The van der Waals surface area contributed by atoms with E-state index in [2.05, 4.69) is 0 Å². The third-order valence-corrected chi connectivity index (χ3v) is 4.04. The van der Waals surface area contributed by atoms with Gasteiger partial charge in [-0.15, -0.1) is 11.3 Å². The molecule has 2 aromatic carbocycles. The highest BCUT2D eigenvalue weighted by atomic mass is 32.1. The highest BCUT2D eigenvalue weighted by Gasteiger charge is 2.03. The molecule has 3 heteroatoms. The van der Waals surface area contributed by atoms with Gasteiger partial charge in [0.25, 0.3) is 0 Å². The van der Waals surface area contributed by atoms with Gasteiger partial charge in [0.2, 0.25) is 0 Å². The van der Waals surface area contributed by atoms with Crippen LogP contribution in [0.15, 0.2) is 53.3 Å². The minimum Gasteiger partial charge on any atom is -0.382 e. The van der Waals surface area contributed by atoms with Crippen molar-refractivity contribution >= 4 is 31.5 Å². The summed E-state index contributed by atoms with van der Waals surface area (Å²) in [5.74, 6) is 0. The van der Waals surface area contributed by atoms with Crippen molar-refractivity contribution < 1.29 is 4.74 Å². The van der Waals surface area contributed by atoms with Crippen molar-refractivity contribution in [3.8, 4) is 0 Å². The first-order valence-corrected chi connectivity index (χ1v) is 7.58. The maximum absolute atomic E-state index is 12.1. The summed E-state index contributed by atoms with van der Waals surface area (Å²) in [7, 11) is 0. The van der Waals surface area contributed by atoms with Crippen molar-refractivity contribution in [2.24, 2.45) is 0 Å². The number of hydrogen-bond acceptors (Lipinski definition) is 3. The summed E-state index contributed by atoms with van der Waals surface area (Å²) in [5.41, 5.74) is 0.139.